The molecule has 0 atom stereocenters. The van der Waals surface area contributed by atoms with E-state index in [1.54, 1.807) is 0 Å². The van der Waals surface area contributed by atoms with Gasteiger partial charge in [-0.25, -0.2) is 8.78 Å². The van der Waals surface area contributed by atoms with Gasteiger partial charge in [-0.15, -0.1) is 0 Å². The van der Waals surface area contributed by atoms with Gasteiger partial charge in [-0.1, -0.05) is 64.4 Å². The van der Waals surface area contributed by atoms with Gasteiger partial charge in [-0.3, -0.25) is 0 Å². The molecule has 2 nitrogen and oxygen atoms in total. The third kappa shape index (κ3) is 8.84. The first-order valence-corrected chi connectivity index (χ1v) is 8.86. The number of rotatable bonds is 14. The fourth-order valence-electron chi connectivity index (χ4n) is 2.86. The lowest BCUT2D eigenvalue weighted by Crippen LogP contribution is -2.57. The Hall–Kier alpha value is -0.480. The Labute approximate surface area is 134 Å². The fourth-order valence-corrected chi connectivity index (χ4v) is 2.86. The summed E-state index contributed by atoms with van der Waals surface area (Å²) in [6.45, 7) is 4.86. The van der Waals surface area contributed by atoms with E-state index in [0.29, 0.717) is 6.42 Å². The number of unbranched alkanes of at least 4 members (excludes halogenated alkanes) is 9. The average Bonchev–Trinajstić information content (AvgIpc) is 2.46. The van der Waals surface area contributed by atoms with E-state index in [-0.39, 0.29) is 11.1 Å². The SMILES string of the molecule is C=C(CCCCCCCCCCCCC1(N)COC1)C(F)F. The van der Waals surface area contributed by atoms with Gasteiger partial charge in [0.05, 0.1) is 18.8 Å². The quantitative estimate of drug-likeness (QED) is 0.352. The summed E-state index contributed by atoms with van der Waals surface area (Å²) in [5.41, 5.74) is 6.16. The van der Waals surface area contributed by atoms with Crippen LogP contribution in [0.15, 0.2) is 12.2 Å². The van der Waals surface area contributed by atoms with Crippen LogP contribution < -0.4 is 5.73 Å². The maximum Gasteiger partial charge on any atom is 0.259 e. The Bertz CT molecular complexity index is 303. The Kier molecular flexibility index (Phi) is 9.89. The standard InChI is InChI=1S/C18H33F2NO/c1-16(17(19)20)12-10-8-6-4-2-3-5-7-9-11-13-18(21)14-22-15-18/h17H,1-15,21H2. The number of ether oxygens (including phenoxy) is 1. The highest BCUT2D eigenvalue weighted by Crippen LogP contribution is 2.21. The monoisotopic (exact) mass is 317 g/mol. The maximum absolute atomic E-state index is 12.2. The minimum atomic E-state index is -2.34. The first-order valence-electron chi connectivity index (χ1n) is 8.86. The number of alkyl halides is 2. The zero-order valence-electron chi connectivity index (χ0n) is 13.9. The second-order valence-corrected chi connectivity index (χ2v) is 6.85. The number of hydrogen-bond donors (Lipinski definition) is 1. The molecule has 1 heterocycles. The summed E-state index contributed by atoms with van der Waals surface area (Å²) in [4.78, 5) is 0. The van der Waals surface area contributed by atoms with E-state index < -0.39 is 6.43 Å². The van der Waals surface area contributed by atoms with Crippen LogP contribution in [0.1, 0.15) is 77.0 Å². The van der Waals surface area contributed by atoms with Crippen molar-refractivity contribution in [1.82, 2.24) is 0 Å². The smallest absolute Gasteiger partial charge is 0.259 e. The molecule has 1 aliphatic heterocycles. The van der Waals surface area contributed by atoms with Gasteiger partial charge in [-0.2, -0.15) is 0 Å². The Morgan fingerprint density at radius 1 is 0.909 bits per heavy atom. The van der Waals surface area contributed by atoms with Crippen molar-refractivity contribution in [3.8, 4) is 0 Å². The van der Waals surface area contributed by atoms with Gasteiger partial charge >= 0.3 is 0 Å². The molecule has 0 radical (unpaired) electrons. The van der Waals surface area contributed by atoms with Crippen LogP contribution in [-0.2, 0) is 4.74 Å². The molecule has 0 aliphatic carbocycles. The molecule has 0 aromatic heterocycles. The highest BCUT2D eigenvalue weighted by Gasteiger charge is 2.32. The predicted molar refractivity (Wildman–Crippen MR) is 88.3 cm³/mol. The second kappa shape index (κ2) is 11.1. The summed E-state index contributed by atoms with van der Waals surface area (Å²) in [5, 5.41) is 0. The third-order valence-corrected chi connectivity index (χ3v) is 4.51. The molecule has 0 bridgehead atoms. The van der Waals surface area contributed by atoms with Crippen molar-refractivity contribution in [1.29, 1.82) is 0 Å². The zero-order chi connectivity index (χ0) is 16.3. The summed E-state index contributed by atoms with van der Waals surface area (Å²) in [6.07, 6.45) is 11.2. The van der Waals surface area contributed by atoms with Crippen LogP contribution >= 0.6 is 0 Å². The second-order valence-electron chi connectivity index (χ2n) is 6.85. The van der Waals surface area contributed by atoms with Crippen molar-refractivity contribution in [2.45, 2.75) is 89.0 Å². The Balaban J connectivity index is 1.74. The number of nitrogens with two attached hydrogens (primary N) is 1. The normalized spacial score (nSPS) is 16.7. The molecule has 1 fully saturated rings. The average molecular weight is 317 g/mol. The van der Waals surface area contributed by atoms with Crippen LogP contribution in [0.4, 0.5) is 8.78 Å². The van der Waals surface area contributed by atoms with E-state index in [2.05, 4.69) is 6.58 Å². The van der Waals surface area contributed by atoms with E-state index in [4.69, 9.17) is 10.5 Å². The molecule has 0 aromatic carbocycles. The van der Waals surface area contributed by atoms with Crippen LogP contribution in [0, 0.1) is 0 Å². The molecular formula is C18H33F2NO. The van der Waals surface area contributed by atoms with Gasteiger partial charge in [0.25, 0.3) is 6.43 Å². The maximum atomic E-state index is 12.2. The van der Waals surface area contributed by atoms with E-state index in [0.717, 1.165) is 38.9 Å². The molecule has 0 saturated carbocycles. The predicted octanol–water partition coefficient (Wildman–Crippen LogP) is 5.22. The molecular weight excluding hydrogens is 284 g/mol. The van der Waals surface area contributed by atoms with Crippen molar-refractivity contribution in [2.24, 2.45) is 5.73 Å². The largest absolute Gasteiger partial charge is 0.377 e. The molecule has 1 aliphatic rings. The van der Waals surface area contributed by atoms with Gasteiger partial charge in [0.1, 0.15) is 0 Å². The van der Waals surface area contributed by atoms with Crippen LogP contribution in [-0.4, -0.2) is 25.2 Å². The van der Waals surface area contributed by atoms with Crippen molar-refractivity contribution in [3.63, 3.8) is 0 Å². The van der Waals surface area contributed by atoms with Crippen LogP contribution in [0.25, 0.3) is 0 Å². The summed E-state index contributed by atoms with van der Waals surface area (Å²) in [5.74, 6) is 0. The van der Waals surface area contributed by atoms with Gasteiger partial charge < -0.3 is 10.5 Å². The highest BCUT2D eigenvalue weighted by atomic mass is 19.3. The van der Waals surface area contributed by atoms with Crippen LogP contribution in [0.2, 0.25) is 0 Å². The molecule has 0 spiro atoms. The number of hydrogen-bond acceptors (Lipinski definition) is 2. The van der Waals surface area contributed by atoms with E-state index in [1.807, 2.05) is 0 Å². The summed E-state index contributed by atoms with van der Waals surface area (Å²) in [7, 11) is 0. The zero-order valence-corrected chi connectivity index (χ0v) is 13.9. The van der Waals surface area contributed by atoms with Gasteiger partial charge in [-0.05, 0) is 24.8 Å². The number of allylic oxidation sites excluding steroid dienone is 1. The molecule has 1 rings (SSSR count). The molecule has 1 saturated heterocycles. The lowest BCUT2D eigenvalue weighted by atomic mass is 9.91. The molecule has 0 aromatic rings. The molecule has 22 heavy (non-hydrogen) atoms. The first kappa shape index (κ1) is 19.6. The third-order valence-electron chi connectivity index (χ3n) is 4.51. The molecule has 4 heteroatoms. The van der Waals surface area contributed by atoms with Crippen LogP contribution in [0.3, 0.4) is 0 Å². The topological polar surface area (TPSA) is 35.2 Å². The summed E-state index contributed by atoms with van der Waals surface area (Å²) in [6, 6.07) is 0. The molecule has 0 unspecified atom stereocenters. The fraction of sp³-hybridized carbons (Fsp3) is 0.889. The number of halogens is 2. The van der Waals surface area contributed by atoms with Crippen molar-refractivity contribution in [2.75, 3.05) is 13.2 Å². The molecule has 0 amide bonds. The van der Waals surface area contributed by atoms with E-state index in [1.165, 1.54) is 44.9 Å². The Morgan fingerprint density at radius 3 is 1.77 bits per heavy atom. The van der Waals surface area contributed by atoms with Crippen molar-refractivity contribution < 1.29 is 13.5 Å². The van der Waals surface area contributed by atoms with Gasteiger partial charge in [0.2, 0.25) is 0 Å². The lowest BCUT2D eigenvalue weighted by molar-refractivity contribution is -0.0582. The lowest BCUT2D eigenvalue weighted by Gasteiger charge is -2.37. The summed E-state index contributed by atoms with van der Waals surface area (Å²) >= 11 is 0. The summed E-state index contributed by atoms with van der Waals surface area (Å²) < 4.78 is 29.6. The molecule has 2 N–H and O–H groups in total. The van der Waals surface area contributed by atoms with Gasteiger partial charge in [0.15, 0.2) is 0 Å². The van der Waals surface area contributed by atoms with E-state index in [9.17, 15) is 8.78 Å². The molecule has 130 valence electrons. The van der Waals surface area contributed by atoms with Crippen molar-refractivity contribution >= 4 is 0 Å². The van der Waals surface area contributed by atoms with Crippen LogP contribution in [0.5, 0.6) is 0 Å². The Morgan fingerprint density at radius 2 is 1.36 bits per heavy atom. The van der Waals surface area contributed by atoms with Crippen molar-refractivity contribution in [3.05, 3.63) is 12.2 Å². The minimum absolute atomic E-state index is 0.0182. The first-order chi connectivity index (χ1) is 10.5. The van der Waals surface area contributed by atoms with E-state index >= 15 is 0 Å². The highest BCUT2D eigenvalue weighted by molar-refractivity contribution is 4.96. The minimum Gasteiger partial charge on any atom is -0.377 e. The van der Waals surface area contributed by atoms with Gasteiger partial charge in [0, 0.05) is 0 Å².